The maximum Gasteiger partial charge on any atom is 0.122 e. The van der Waals surface area contributed by atoms with Crippen molar-refractivity contribution in [2.24, 2.45) is 0 Å². The number of hydrogen-bond acceptors (Lipinski definition) is 1. The Labute approximate surface area is 208 Å². The zero-order valence-corrected chi connectivity index (χ0v) is 22.1. The molecule has 0 bridgehead atoms. The Kier molecular flexibility index (Phi) is 7.67. The van der Waals surface area contributed by atoms with E-state index in [1.165, 1.54) is 113 Å². The van der Waals surface area contributed by atoms with E-state index in [1.807, 2.05) is 7.11 Å². The van der Waals surface area contributed by atoms with Crippen molar-refractivity contribution in [3.8, 4) is 16.9 Å². The van der Waals surface area contributed by atoms with Crippen LogP contribution in [0.2, 0.25) is 0 Å². The summed E-state index contributed by atoms with van der Waals surface area (Å²) in [5.41, 5.74) is 10.9. The highest BCUT2D eigenvalue weighted by molar-refractivity contribution is 5.80. The molecule has 2 aromatic carbocycles. The summed E-state index contributed by atoms with van der Waals surface area (Å²) in [6.45, 7) is 4.62. The summed E-state index contributed by atoms with van der Waals surface area (Å²) in [4.78, 5) is 0. The Hall–Kier alpha value is -1.76. The van der Waals surface area contributed by atoms with Gasteiger partial charge in [-0.15, -0.1) is 0 Å². The lowest BCUT2D eigenvalue weighted by Crippen LogP contribution is -2.15. The first-order valence-electron chi connectivity index (χ1n) is 14.5. The Morgan fingerprint density at radius 3 is 1.53 bits per heavy atom. The molecule has 3 saturated carbocycles. The van der Waals surface area contributed by atoms with Crippen LogP contribution in [-0.4, -0.2) is 7.11 Å². The number of ether oxygens (including phenoxy) is 1. The minimum Gasteiger partial charge on any atom is -0.496 e. The maximum atomic E-state index is 5.85. The fourth-order valence-corrected chi connectivity index (χ4v) is 7.58. The third-order valence-corrected chi connectivity index (χ3v) is 9.48. The monoisotopic (exact) mass is 458 g/mol. The number of aryl methyl sites for hydroxylation is 1. The summed E-state index contributed by atoms with van der Waals surface area (Å²) in [6.07, 6.45) is 20.9. The molecule has 0 aromatic heterocycles. The van der Waals surface area contributed by atoms with Crippen molar-refractivity contribution >= 4 is 0 Å². The van der Waals surface area contributed by atoms with Gasteiger partial charge in [0.1, 0.15) is 5.75 Å². The van der Waals surface area contributed by atoms with Crippen LogP contribution in [0.25, 0.3) is 11.1 Å². The largest absolute Gasteiger partial charge is 0.496 e. The summed E-state index contributed by atoms with van der Waals surface area (Å²) >= 11 is 0. The van der Waals surface area contributed by atoms with Crippen LogP contribution >= 0.6 is 0 Å². The third-order valence-electron chi connectivity index (χ3n) is 9.48. The second-order valence-corrected chi connectivity index (χ2v) is 11.7. The van der Waals surface area contributed by atoms with Crippen LogP contribution < -0.4 is 4.74 Å². The highest BCUT2D eigenvalue weighted by Gasteiger charge is 2.30. The van der Waals surface area contributed by atoms with E-state index in [-0.39, 0.29) is 0 Å². The van der Waals surface area contributed by atoms with E-state index in [1.54, 1.807) is 22.3 Å². The van der Waals surface area contributed by atoms with Crippen LogP contribution in [0, 0.1) is 13.8 Å². The predicted octanol–water partition coefficient (Wildman–Crippen LogP) is 10.1. The summed E-state index contributed by atoms with van der Waals surface area (Å²) in [7, 11) is 1.83. The van der Waals surface area contributed by atoms with E-state index in [0.29, 0.717) is 0 Å². The van der Waals surface area contributed by atoms with Crippen LogP contribution in [0.4, 0.5) is 0 Å². The second-order valence-electron chi connectivity index (χ2n) is 11.7. The molecule has 1 heteroatoms. The van der Waals surface area contributed by atoms with Gasteiger partial charge in [-0.2, -0.15) is 0 Å². The van der Waals surface area contributed by atoms with Gasteiger partial charge in [0.15, 0.2) is 0 Å². The molecule has 5 rings (SSSR count). The molecule has 0 N–H and O–H groups in total. The van der Waals surface area contributed by atoms with Crippen molar-refractivity contribution in [3.63, 3.8) is 0 Å². The van der Waals surface area contributed by atoms with E-state index < -0.39 is 0 Å². The van der Waals surface area contributed by atoms with Crippen molar-refractivity contribution in [2.75, 3.05) is 7.11 Å². The zero-order chi connectivity index (χ0) is 23.5. The second kappa shape index (κ2) is 10.9. The van der Waals surface area contributed by atoms with Crippen LogP contribution in [0.15, 0.2) is 24.3 Å². The van der Waals surface area contributed by atoms with Crippen molar-refractivity contribution in [3.05, 3.63) is 52.1 Å². The Morgan fingerprint density at radius 2 is 1.06 bits per heavy atom. The molecule has 0 aliphatic heterocycles. The van der Waals surface area contributed by atoms with Crippen LogP contribution in [0.5, 0.6) is 5.75 Å². The van der Waals surface area contributed by atoms with Gasteiger partial charge in [0, 0.05) is 0 Å². The Balaban J connectivity index is 1.75. The minimum absolute atomic E-state index is 0.722. The average molecular weight is 459 g/mol. The molecule has 0 spiro atoms. The van der Waals surface area contributed by atoms with Crippen LogP contribution in [-0.2, 0) is 0 Å². The van der Waals surface area contributed by atoms with E-state index in [0.717, 1.165) is 23.5 Å². The number of rotatable bonds is 5. The number of benzene rings is 2. The summed E-state index contributed by atoms with van der Waals surface area (Å²) in [6, 6.07) is 9.90. The van der Waals surface area contributed by atoms with Gasteiger partial charge < -0.3 is 4.74 Å². The van der Waals surface area contributed by atoms with Crippen molar-refractivity contribution < 1.29 is 4.74 Å². The molecule has 34 heavy (non-hydrogen) atoms. The molecule has 0 amide bonds. The molecule has 0 heterocycles. The predicted molar refractivity (Wildman–Crippen MR) is 145 cm³/mol. The standard InChI is InChI=1S/C33H46O/c1-23-19-20-31(34-3)24(2)32(23)33-29(26-15-9-5-10-16-26)21-28(25-13-7-4-8-14-25)22-30(33)27-17-11-6-12-18-27/h19-22,25-27H,4-18H2,1-3H3. The normalized spacial score (nSPS) is 21.0. The van der Waals surface area contributed by atoms with Crippen molar-refractivity contribution in [1.29, 1.82) is 0 Å². The topological polar surface area (TPSA) is 9.23 Å². The van der Waals surface area contributed by atoms with E-state index in [4.69, 9.17) is 4.74 Å². The van der Waals surface area contributed by atoms with E-state index in [2.05, 4.69) is 38.1 Å². The molecule has 3 fully saturated rings. The Bertz CT molecular complexity index is 929. The molecule has 0 atom stereocenters. The third kappa shape index (κ3) is 4.82. The summed E-state index contributed by atoms with van der Waals surface area (Å²) in [5, 5.41) is 0. The highest BCUT2D eigenvalue weighted by atomic mass is 16.5. The molecule has 1 nitrogen and oxygen atoms in total. The van der Waals surface area contributed by atoms with Crippen LogP contribution in [0.3, 0.4) is 0 Å². The quantitative estimate of drug-likeness (QED) is 0.433. The van der Waals surface area contributed by atoms with Crippen molar-refractivity contribution in [2.45, 2.75) is 128 Å². The molecule has 0 radical (unpaired) electrons. The smallest absolute Gasteiger partial charge is 0.122 e. The Morgan fingerprint density at radius 1 is 0.588 bits per heavy atom. The molecule has 2 aromatic rings. The summed E-state index contributed by atoms with van der Waals surface area (Å²) in [5.74, 6) is 3.26. The average Bonchev–Trinajstić information content (AvgIpc) is 2.90. The van der Waals surface area contributed by atoms with Crippen molar-refractivity contribution in [1.82, 2.24) is 0 Å². The highest BCUT2D eigenvalue weighted by Crippen LogP contribution is 2.49. The fourth-order valence-electron chi connectivity index (χ4n) is 7.58. The van der Waals surface area contributed by atoms with Gasteiger partial charge in [0.05, 0.1) is 7.11 Å². The van der Waals surface area contributed by atoms with E-state index in [9.17, 15) is 0 Å². The first-order chi connectivity index (χ1) is 16.7. The van der Waals surface area contributed by atoms with E-state index >= 15 is 0 Å². The van der Waals surface area contributed by atoms with Gasteiger partial charge in [-0.25, -0.2) is 0 Å². The number of methoxy groups -OCH3 is 1. The number of hydrogen-bond donors (Lipinski definition) is 0. The molecule has 0 saturated heterocycles. The van der Waals surface area contributed by atoms with Gasteiger partial charge in [-0.3, -0.25) is 0 Å². The lowest BCUT2D eigenvalue weighted by Gasteiger charge is -2.33. The molecule has 3 aliphatic rings. The van der Waals surface area contributed by atoms with Gasteiger partial charge in [-0.05, 0) is 115 Å². The maximum absolute atomic E-state index is 5.85. The van der Waals surface area contributed by atoms with Gasteiger partial charge >= 0.3 is 0 Å². The zero-order valence-electron chi connectivity index (χ0n) is 22.1. The molecule has 0 unspecified atom stereocenters. The van der Waals surface area contributed by atoms with Gasteiger partial charge in [-0.1, -0.05) is 76.0 Å². The van der Waals surface area contributed by atoms with Gasteiger partial charge in [0.2, 0.25) is 0 Å². The SMILES string of the molecule is COc1ccc(C)c(-c2c(C3CCCCC3)cc(C3CCCCC3)cc2C2CCCCC2)c1C. The first-order valence-corrected chi connectivity index (χ1v) is 14.5. The summed E-state index contributed by atoms with van der Waals surface area (Å²) < 4.78 is 5.85. The lowest BCUT2D eigenvalue weighted by atomic mass is 9.71. The lowest BCUT2D eigenvalue weighted by molar-refractivity contribution is 0.411. The molecular formula is C33H46O. The fraction of sp³-hybridized carbons (Fsp3) is 0.636. The molecule has 184 valence electrons. The molecule has 3 aliphatic carbocycles. The van der Waals surface area contributed by atoms with Gasteiger partial charge in [0.25, 0.3) is 0 Å². The first kappa shape index (κ1) is 24.0. The van der Waals surface area contributed by atoms with Crippen LogP contribution in [0.1, 0.15) is 142 Å². The minimum atomic E-state index is 0.722. The molecular weight excluding hydrogens is 412 g/mol.